The van der Waals surface area contributed by atoms with E-state index in [4.69, 9.17) is 4.74 Å². The summed E-state index contributed by atoms with van der Waals surface area (Å²) in [5.74, 6) is 0.849. The lowest BCUT2D eigenvalue weighted by molar-refractivity contribution is -0.121. The molecule has 1 amide bonds. The van der Waals surface area contributed by atoms with Crippen LogP contribution in [0.5, 0.6) is 0 Å². The van der Waals surface area contributed by atoms with Crippen molar-refractivity contribution in [1.29, 1.82) is 0 Å². The molecule has 3 aliphatic heterocycles. The quantitative estimate of drug-likeness (QED) is 0.451. The van der Waals surface area contributed by atoms with Crippen molar-refractivity contribution in [3.8, 4) is 0 Å². The second-order valence-corrected chi connectivity index (χ2v) is 10.6. The first-order chi connectivity index (χ1) is 17.8. The molecule has 0 radical (unpaired) electrons. The zero-order valence-electron chi connectivity index (χ0n) is 21.0. The molecule has 3 aromatic rings. The fraction of sp³-hybridized carbons (Fsp3) is 0.406. The highest BCUT2D eigenvalue weighted by Gasteiger charge is 2.35. The Labute approximate surface area is 214 Å². The molecule has 0 aliphatic carbocycles. The molecule has 3 unspecified atom stereocenters. The Bertz CT molecular complexity index is 1110. The number of benzene rings is 3. The SMILES string of the molecule is O=C(Nc1cc2c3c(c1)C(c1ccccc1)CCN3CCC2c1ccccc1)C1CCCCOCC1. The molecular formula is C32H36N2O2. The average Bonchev–Trinajstić information content (AvgIpc) is 2.90. The predicted molar refractivity (Wildman–Crippen MR) is 146 cm³/mol. The molecule has 1 saturated heterocycles. The summed E-state index contributed by atoms with van der Waals surface area (Å²) in [5.41, 5.74) is 7.79. The number of hydrogen-bond donors (Lipinski definition) is 1. The number of carbonyl (C=O) groups is 1. The molecule has 6 rings (SSSR count). The van der Waals surface area contributed by atoms with Crippen LogP contribution in [0.25, 0.3) is 0 Å². The molecule has 0 spiro atoms. The van der Waals surface area contributed by atoms with Gasteiger partial charge in [0.15, 0.2) is 0 Å². The van der Waals surface area contributed by atoms with Gasteiger partial charge in [-0.2, -0.15) is 0 Å². The van der Waals surface area contributed by atoms with E-state index in [1.54, 1.807) is 0 Å². The number of amides is 1. The third-order valence-corrected chi connectivity index (χ3v) is 8.36. The Morgan fingerprint density at radius 2 is 1.36 bits per heavy atom. The van der Waals surface area contributed by atoms with Gasteiger partial charge in [0.05, 0.1) is 0 Å². The van der Waals surface area contributed by atoms with E-state index >= 15 is 0 Å². The van der Waals surface area contributed by atoms with Crippen molar-refractivity contribution >= 4 is 17.3 Å². The van der Waals surface area contributed by atoms with Gasteiger partial charge in [-0.15, -0.1) is 0 Å². The van der Waals surface area contributed by atoms with Crippen molar-refractivity contribution in [2.24, 2.45) is 5.92 Å². The van der Waals surface area contributed by atoms with Crippen LogP contribution in [0.3, 0.4) is 0 Å². The summed E-state index contributed by atoms with van der Waals surface area (Å²) in [4.78, 5) is 16.0. The van der Waals surface area contributed by atoms with Crippen LogP contribution in [0.1, 0.15) is 72.6 Å². The van der Waals surface area contributed by atoms with Gasteiger partial charge in [-0.1, -0.05) is 67.1 Å². The molecule has 0 bridgehead atoms. The minimum absolute atomic E-state index is 0.0176. The van der Waals surface area contributed by atoms with Gasteiger partial charge in [-0.25, -0.2) is 0 Å². The molecule has 0 aromatic heterocycles. The van der Waals surface area contributed by atoms with E-state index in [0.29, 0.717) is 18.4 Å². The van der Waals surface area contributed by atoms with E-state index in [1.807, 2.05) is 0 Å². The number of nitrogens with one attached hydrogen (secondary N) is 1. The largest absolute Gasteiger partial charge is 0.381 e. The molecular weight excluding hydrogens is 444 g/mol. The maximum Gasteiger partial charge on any atom is 0.227 e. The Kier molecular flexibility index (Phi) is 6.78. The monoisotopic (exact) mass is 480 g/mol. The molecule has 0 saturated carbocycles. The molecule has 186 valence electrons. The van der Waals surface area contributed by atoms with Crippen molar-refractivity contribution in [3.05, 3.63) is 95.1 Å². The number of nitrogens with zero attached hydrogens (tertiary/aromatic N) is 1. The lowest BCUT2D eigenvalue weighted by Gasteiger charge is -2.43. The number of ether oxygens (including phenoxy) is 1. The summed E-state index contributed by atoms with van der Waals surface area (Å²) in [6.07, 6.45) is 6.04. The fourth-order valence-electron chi connectivity index (χ4n) is 6.50. The zero-order chi connectivity index (χ0) is 24.3. The van der Waals surface area contributed by atoms with Crippen molar-refractivity contribution in [2.75, 3.05) is 36.5 Å². The van der Waals surface area contributed by atoms with E-state index in [1.165, 1.54) is 27.9 Å². The molecule has 1 N–H and O–H groups in total. The first kappa shape index (κ1) is 23.3. The Hall–Kier alpha value is -3.11. The zero-order valence-corrected chi connectivity index (χ0v) is 21.0. The molecule has 36 heavy (non-hydrogen) atoms. The Balaban J connectivity index is 1.41. The van der Waals surface area contributed by atoms with E-state index < -0.39 is 0 Å². The molecule has 4 nitrogen and oxygen atoms in total. The van der Waals surface area contributed by atoms with Crippen LogP contribution < -0.4 is 10.2 Å². The Morgan fingerprint density at radius 1 is 0.750 bits per heavy atom. The predicted octanol–water partition coefficient (Wildman–Crippen LogP) is 6.71. The maximum atomic E-state index is 13.4. The number of rotatable bonds is 4. The lowest BCUT2D eigenvalue weighted by atomic mass is 9.76. The van der Waals surface area contributed by atoms with Crippen molar-refractivity contribution < 1.29 is 9.53 Å². The lowest BCUT2D eigenvalue weighted by Crippen LogP contribution is -2.37. The van der Waals surface area contributed by atoms with Crippen LogP contribution in [-0.4, -0.2) is 32.2 Å². The van der Waals surface area contributed by atoms with E-state index in [-0.39, 0.29) is 11.8 Å². The van der Waals surface area contributed by atoms with Crippen LogP contribution in [0.2, 0.25) is 0 Å². The van der Waals surface area contributed by atoms with Crippen LogP contribution >= 0.6 is 0 Å². The van der Waals surface area contributed by atoms with Gasteiger partial charge in [0.25, 0.3) is 0 Å². The van der Waals surface area contributed by atoms with E-state index in [0.717, 1.165) is 63.9 Å². The van der Waals surface area contributed by atoms with Gasteiger partial charge in [-0.3, -0.25) is 4.79 Å². The maximum absolute atomic E-state index is 13.4. The molecule has 3 heterocycles. The summed E-state index contributed by atoms with van der Waals surface area (Å²) in [6.45, 7) is 3.65. The summed E-state index contributed by atoms with van der Waals surface area (Å²) in [5, 5.41) is 3.35. The average molecular weight is 481 g/mol. The smallest absolute Gasteiger partial charge is 0.227 e. The van der Waals surface area contributed by atoms with E-state index in [2.05, 4.69) is 83.0 Å². The van der Waals surface area contributed by atoms with Crippen molar-refractivity contribution in [2.45, 2.75) is 50.4 Å². The standard InChI is InChI=1S/C32H36N2O2/c35-32(25-13-7-8-19-36-20-16-25)33-26-21-29-27(23-9-3-1-4-10-23)14-17-34-18-15-28(30(22-26)31(29)34)24-11-5-2-6-12-24/h1-6,9-12,21-22,25,27-28H,7-8,13-20H2,(H,33,35). The van der Waals surface area contributed by atoms with Gasteiger partial charge >= 0.3 is 0 Å². The van der Waals surface area contributed by atoms with Gasteiger partial charge in [-0.05, 0) is 66.5 Å². The van der Waals surface area contributed by atoms with E-state index in [9.17, 15) is 4.79 Å². The van der Waals surface area contributed by atoms with Gasteiger partial charge in [0.2, 0.25) is 5.91 Å². The molecule has 3 aliphatic rings. The van der Waals surface area contributed by atoms with Crippen LogP contribution in [-0.2, 0) is 9.53 Å². The molecule has 4 heteroatoms. The highest BCUT2D eigenvalue weighted by Crippen LogP contribution is 2.49. The summed E-state index contributed by atoms with van der Waals surface area (Å²) >= 11 is 0. The first-order valence-corrected chi connectivity index (χ1v) is 13.7. The summed E-state index contributed by atoms with van der Waals surface area (Å²) < 4.78 is 5.68. The van der Waals surface area contributed by atoms with Gasteiger partial charge in [0.1, 0.15) is 0 Å². The normalized spacial score (nSPS) is 23.8. The highest BCUT2D eigenvalue weighted by molar-refractivity contribution is 5.93. The highest BCUT2D eigenvalue weighted by atomic mass is 16.5. The second-order valence-electron chi connectivity index (χ2n) is 10.6. The first-order valence-electron chi connectivity index (χ1n) is 13.7. The fourth-order valence-corrected chi connectivity index (χ4v) is 6.50. The van der Waals surface area contributed by atoms with Crippen LogP contribution in [0.4, 0.5) is 11.4 Å². The number of anilines is 2. The third kappa shape index (κ3) is 4.67. The minimum Gasteiger partial charge on any atom is -0.381 e. The summed E-state index contributed by atoms with van der Waals surface area (Å²) in [7, 11) is 0. The third-order valence-electron chi connectivity index (χ3n) is 8.36. The van der Waals surface area contributed by atoms with Crippen molar-refractivity contribution in [3.63, 3.8) is 0 Å². The van der Waals surface area contributed by atoms with Crippen molar-refractivity contribution in [1.82, 2.24) is 0 Å². The Morgan fingerprint density at radius 3 is 1.97 bits per heavy atom. The van der Waals surface area contributed by atoms with Crippen LogP contribution in [0.15, 0.2) is 72.8 Å². The summed E-state index contributed by atoms with van der Waals surface area (Å²) in [6, 6.07) is 26.3. The van der Waals surface area contributed by atoms with Gasteiger partial charge in [0, 0.05) is 55.4 Å². The number of carbonyl (C=O) groups excluding carboxylic acids is 1. The number of hydrogen-bond acceptors (Lipinski definition) is 3. The molecule has 3 atom stereocenters. The molecule has 3 aromatic carbocycles. The van der Waals surface area contributed by atoms with Crippen LogP contribution in [0, 0.1) is 5.92 Å². The second kappa shape index (κ2) is 10.5. The topological polar surface area (TPSA) is 41.6 Å². The molecule has 1 fully saturated rings. The minimum atomic E-state index is 0.0176. The van der Waals surface area contributed by atoms with Gasteiger partial charge < -0.3 is 15.0 Å².